The average molecular weight is 226 g/mol. The van der Waals surface area contributed by atoms with Crippen LogP contribution in [0.3, 0.4) is 0 Å². The topological polar surface area (TPSA) is 76.7 Å². The Bertz CT molecular complexity index is 727. The van der Waals surface area contributed by atoms with Crippen LogP contribution in [0.2, 0.25) is 0 Å². The van der Waals surface area contributed by atoms with Crippen LogP contribution in [0.4, 0.5) is 5.69 Å². The van der Waals surface area contributed by atoms with Crippen LogP contribution in [-0.4, -0.2) is 14.8 Å². The van der Waals surface area contributed by atoms with Crippen molar-refractivity contribution in [2.24, 2.45) is 0 Å². The quantitative estimate of drug-likeness (QED) is 0.614. The van der Waals surface area contributed by atoms with Gasteiger partial charge in [0.25, 0.3) is 5.56 Å². The first-order valence-corrected chi connectivity index (χ1v) is 5.17. The van der Waals surface area contributed by atoms with Crippen molar-refractivity contribution in [2.45, 2.75) is 0 Å². The van der Waals surface area contributed by atoms with E-state index in [0.29, 0.717) is 11.1 Å². The Morgan fingerprint density at radius 1 is 1.18 bits per heavy atom. The Morgan fingerprint density at radius 2 is 1.94 bits per heavy atom. The summed E-state index contributed by atoms with van der Waals surface area (Å²) in [6.07, 6.45) is 3.34. The maximum Gasteiger partial charge on any atom is 0.274 e. The molecule has 2 aromatic heterocycles. The molecule has 5 heteroatoms. The highest BCUT2D eigenvalue weighted by atomic mass is 16.1. The fourth-order valence-electron chi connectivity index (χ4n) is 1.91. The maximum atomic E-state index is 11.8. The largest absolute Gasteiger partial charge is 0.398 e. The van der Waals surface area contributed by atoms with Crippen LogP contribution < -0.4 is 11.3 Å². The minimum atomic E-state index is -0.185. The molecule has 0 unspecified atom stereocenters. The average Bonchev–Trinajstić information content (AvgIpc) is 2.69. The number of hydrogen-bond acceptors (Lipinski definition) is 3. The van der Waals surface area contributed by atoms with E-state index >= 15 is 0 Å². The van der Waals surface area contributed by atoms with Crippen LogP contribution in [0.15, 0.2) is 47.5 Å². The number of benzene rings is 1. The SMILES string of the molecule is Nc1cccc2c1c(=O)[nH]n2-c1ccncc1. The summed E-state index contributed by atoms with van der Waals surface area (Å²) in [5.41, 5.74) is 7.71. The molecular formula is C12H10N4O. The van der Waals surface area contributed by atoms with E-state index in [4.69, 9.17) is 5.73 Å². The number of aromatic amines is 1. The summed E-state index contributed by atoms with van der Waals surface area (Å²) < 4.78 is 1.70. The van der Waals surface area contributed by atoms with Gasteiger partial charge in [0.15, 0.2) is 0 Å². The van der Waals surface area contributed by atoms with Crippen molar-refractivity contribution in [3.05, 3.63) is 53.1 Å². The standard InChI is InChI=1S/C12H10N4O/c13-9-2-1-3-10-11(9)12(17)15-16(10)8-4-6-14-7-5-8/h1-7H,13H2,(H,15,17). The van der Waals surface area contributed by atoms with E-state index in [0.717, 1.165) is 11.2 Å². The van der Waals surface area contributed by atoms with E-state index in [1.807, 2.05) is 24.3 Å². The molecule has 0 bridgehead atoms. The van der Waals surface area contributed by atoms with Crippen LogP contribution in [0.5, 0.6) is 0 Å². The van der Waals surface area contributed by atoms with Gasteiger partial charge in [0.05, 0.1) is 16.6 Å². The Hall–Kier alpha value is -2.56. The smallest absolute Gasteiger partial charge is 0.274 e. The van der Waals surface area contributed by atoms with Crippen LogP contribution in [0.25, 0.3) is 16.6 Å². The zero-order valence-corrected chi connectivity index (χ0v) is 8.92. The molecule has 5 nitrogen and oxygen atoms in total. The molecule has 84 valence electrons. The second-order valence-electron chi connectivity index (χ2n) is 3.72. The van der Waals surface area contributed by atoms with Crippen LogP contribution >= 0.6 is 0 Å². The number of anilines is 1. The van der Waals surface area contributed by atoms with Gasteiger partial charge in [-0.15, -0.1) is 0 Å². The molecule has 0 spiro atoms. The second-order valence-corrected chi connectivity index (χ2v) is 3.72. The van der Waals surface area contributed by atoms with Crippen LogP contribution in [0, 0.1) is 0 Å². The van der Waals surface area contributed by atoms with Crippen molar-refractivity contribution in [1.29, 1.82) is 0 Å². The van der Waals surface area contributed by atoms with Gasteiger partial charge in [-0.05, 0) is 24.3 Å². The van der Waals surface area contributed by atoms with Gasteiger partial charge in [-0.25, -0.2) is 0 Å². The minimum absolute atomic E-state index is 0.185. The maximum absolute atomic E-state index is 11.8. The van der Waals surface area contributed by atoms with Gasteiger partial charge in [-0.3, -0.25) is 19.6 Å². The number of rotatable bonds is 1. The number of nitrogens with zero attached hydrogens (tertiary/aromatic N) is 2. The fraction of sp³-hybridized carbons (Fsp3) is 0. The van der Waals surface area contributed by atoms with Gasteiger partial charge in [0, 0.05) is 18.1 Å². The normalized spacial score (nSPS) is 10.8. The predicted molar refractivity (Wildman–Crippen MR) is 66.1 cm³/mol. The molecule has 0 amide bonds. The minimum Gasteiger partial charge on any atom is -0.398 e. The number of fused-ring (bicyclic) bond motifs is 1. The Labute approximate surface area is 96.5 Å². The van der Waals surface area contributed by atoms with Crippen LogP contribution in [-0.2, 0) is 0 Å². The second kappa shape index (κ2) is 3.48. The molecule has 0 aliphatic rings. The number of pyridine rings is 1. The molecule has 0 aliphatic heterocycles. The Kier molecular flexibility index (Phi) is 1.98. The number of aromatic nitrogens is 3. The summed E-state index contributed by atoms with van der Waals surface area (Å²) in [4.78, 5) is 15.8. The van der Waals surface area contributed by atoms with Crippen LogP contribution in [0.1, 0.15) is 0 Å². The highest BCUT2D eigenvalue weighted by Crippen LogP contribution is 2.19. The van der Waals surface area contributed by atoms with Crippen molar-refractivity contribution in [1.82, 2.24) is 14.8 Å². The third kappa shape index (κ3) is 1.40. The molecule has 17 heavy (non-hydrogen) atoms. The summed E-state index contributed by atoms with van der Waals surface area (Å²) in [7, 11) is 0. The van der Waals surface area contributed by atoms with Gasteiger partial charge in [-0.1, -0.05) is 6.07 Å². The van der Waals surface area contributed by atoms with Gasteiger partial charge < -0.3 is 5.73 Å². The van der Waals surface area contributed by atoms with Gasteiger partial charge >= 0.3 is 0 Å². The molecule has 2 heterocycles. The number of nitrogen functional groups attached to an aromatic ring is 1. The van der Waals surface area contributed by atoms with Gasteiger partial charge in [0.2, 0.25) is 0 Å². The summed E-state index contributed by atoms with van der Waals surface area (Å²) in [5, 5.41) is 3.28. The molecule has 0 radical (unpaired) electrons. The predicted octanol–water partition coefficient (Wildman–Crippen LogP) is 1.30. The zero-order chi connectivity index (χ0) is 11.8. The lowest BCUT2D eigenvalue weighted by Crippen LogP contribution is -2.04. The summed E-state index contributed by atoms with van der Waals surface area (Å²) in [5.74, 6) is 0. The van der Waals surface area contributed by atoms with E-state index in [2.05, 4.69) is 10.1 Å². The Balaban J connectivity index is 2.40. The first-order valence-electron chi connectivity index (χ1n) is 5.17. The molecular weight excluding hydrogens is 216 g/mol. The lowest BCUT2D eigenvalue weighted by molar-refractivity contribution is 0.888. The van der Waals surface area contributed by atoms with Crippen molar-refractivity contribution in [3.8, 4) is 5.69 Å². The summed E-state index contributed by atoms with van der Waals surface area (Å²) >= 11 is 0. The first kappa shape index (κ1) is 9.65. The number of hydrogen-bond donors (Lipinski definition) is 2. The molecule has 0 fully saturated rings. The summed E-state index contributed by atoms with van der Waals surface area (Å²) in [6, 6.07) is 9.03. The van der Waals surface area contributed by atoms with Crippen molar-refractivity contribution in [2.75, 3.05) is 5.73 Å². The van der Waals surface area contributed by atoms with Crippen molar-refractivity contribution in [3.63, 3.8) is 0 Å². The molecule has 3 N–H and O–H groups in total. The summed E-state index contributed by atoms with van der Waals surface area (Å²) in [6.45, 7) is 0. The van der Waals surface area contributed by atoms with Crippen molar-refractivity contribution < 1.29 is 0 Å². The molecule has 0 saturated heterocycles. The van der Waals surface area contributed by atoms with Gasteiger partial charge in [-0.2, -0.15) is 0 Å². The third-order valence-corrected chi connectivity index (χ3v) is 2.68. The molecule has 3 aromatic rings. The highest BCUT2D eigenvalue weighted by Gasteiger charge is 2.09. The Morgan fingerprint density at radius 3 is 2.71 bits per heavy atom. The van der Waals surface area contributed by atoms with E-state index < -0.39 is 0 Å². The lowest BCUT2D eigenvalue weighted by Gasteiger charge is -2.03. The molecule has 0 aliphatic carbocycles. The molecule has 1 aromatic carbocycles. The fourth-order valence-corrected chi connectivity index (χ4v) is 1.91. The van der Waals surface area contributed by atoms with E-state index in [1.165, 1.54) is 0 Å². The third-order valence-electron chi connectivity index (χ3n) is 2.68. The number of nitrogens with one attached hydrogen (secondary N) is 1. The highest BCUT2D eigenvalue weighted by molar-refractivity contribution is 5.90. The zero-order valence-electron chi connectivity index (χ0n) is 8.92. The first-order chi connectivity index (χ1) is 8.27. The van der Waals surface area contributed by atoms with Crippen molar-refractivity contribution >= 4 is 16.6 Å². The lowest BCUT2D eigenvalue weighted by atomic mass is 10.2. The number of H-pyrrole nitrogens is 1. The van der Waals surface area contributed by atoms with Gasteiger partial charge in [0.1, 0.15) is 0 Å². The number of nitrogens with two attached hydrogens (primary N) is 1. The molecule has 0 saturated carbocycles. The van der Waals surface area contributed by atoms with E-state index in [1.54, 1.807) is 23.1 Å². The van der Waals surface area contributed by atoms with E-state index in [9.17, 15) is 4.79 Å². The molecule has 3 rings (SSSR count). The van der Waals surface area contributed by atoms with E-state index in [-0.39, 0.29) is 5.56 Å². The molecule has 0 atom stereocenters. The monoisotopic (exact) mass is 226 g/mol.